The maximum atomic E-state index is 14.1. The van der Waals surface area contributed by atoms with E-state index in [0.29, 0.717) is 6.07 Å². The number of hydrogen-bond donors (Lipinski definition) is 0. The van der Waals surface area contributed by atoms with E-state index in [-0.39, 0.29) is 11.5 Å². The second-order valence-electron chi connectivity index (χ2n) is 4.68. The number of pyridine rings is 1. The number of rotatable bonds is 3. The highest BCUT2D eigenvalue weighted by atomic mass is 35.5. The quantitative estimate of drug-likeness (QED) is 0.551. The Labute approximate surface area is 124 Å². The van der Waals surface area contributed by atoms with Gasteiger partial charge in [0.05, 0.1) is 10.9 Å². The van der Waals surface area contributed by atoms with Crippen molar-refractivity contribution in [1.82, 2.24) is 4.98 Å². The highest BCUT2D eigenvalue weighted by molar-refractivity contribution is 6.21. The van der Waals surface area contributed by atoms with Gasteiger partial charge < -0.3 is 0 Å². The fourth-order valence-electron chi connectivity index (χ4n) is 2.09. The van der Waals surface area contributed by atoms with Crippen molar-refractivity contribution in [3.8, 4) is 0 Å². The predicted octanol–water partition coefficient (Wildman–Crippen LogP) is 5.32. The summed E-state index contributed by atoms with van der Waals surface area (Å²) >= 11 is 6.19. The molecule has 0 radical (unpaired) electrons. The molecule has 0 aliphatic carbocycles. The smallest absolute Gasteiger partial charge is 0.265 e. The van der Waals surface area contributed by atoms with Crippen molar-refractivity contribution in [1.29, 1.82) is 0 Å². The minimum atomic E-state index is -4.74. The summed E-state index contributed by atoms with van der Waals surface area (Å²) in [6.07, 6.45) is -1.63. The summed E-state index contributed by atoms with van der Waals surface area (Å²) in [5.74, 6) is -1.67. The molecule has 0 saturated heterocycles. The SMILES string of the molecule is CC(c1ccncc1)C(Cl)c1cccc(C(F)(F)F)c1F. The van der Waals surface area contributed by atoms with Crippen LogP contribution >= 0.6 is 11.6 Å². The minimum absolute atomic E-state index is 0.157. The minimum Gasteiger partial charge on any atom is -0.265 e. The van der Waals surface area contributed by atoms with E-state index in [1.54, 1.807) is 31.5 Å². The first kappa shape index (κ1) is 15.8. The van der Waals surface area contributed by atoms with E-state index in [0.717, 1.165) is 11.6 Å². The average molecular weight is 318 g/mol. The molecule has 6 heteroatoms. The Kier molecular flexibility index (Phi) is 4.52. The van der Waals surface area contributed by atoms with E-state index in [9.17, 15) is 17.6 Å². The summed E-state index contributed by atoms with van der Waals surface area (Å²) in [6, 6.07) is 6.55. The topological polar surface area (TPSA) is 12.9 Å². The first-order chi connectivity index (χ1) is 9.82. The molecule has 0 spiro atoms. The number of benzene rings is 1. The van der Waals surface area contributed by atoms with E-state index in [1.807, 2.05) is 0 Å². The molecule has 0 N–H and O–H groups in total. The van der Waals surface area contributed by atoms with Gasteiger partial charge in [-0.05, 0) is 23.8 Å². The lowest BCUT2D eigenvalue weighted by atomic mass is 9.92. The van der Waals surface area contributed by atoms with Crippen LogP contribution in [0, 0.1) is 5.82 Å². The van der Waals surface area contributed by atoms with Crippen LogP contribution in [0.1, 0.15) is 34.9 Å². The van der Waals surface area contributed by atoms with E-state index in [4.69, 9.17) is 11.6 Å². The predicted molar refractivity (Wildman–Crippen MR) is 72.6 cm³/mol. The Bertz CT molecular complexity index is 613. The zero-order valence-electron chi connectivity index (χ0n) is 11.0. The largest absolute Gasteiger partial charge is 0.419 e. The van der Waals surface area contributed by atoms with E-state index >= 15 is 0 Å². The summed E-state index contributed by atoms with van der Waals surface area (Å²) < 4.78 is 52.3. The van der Waals surface area contributed by atoms with Crippen LogP contribution in [0.25, 0.3) is 0 Å². The summed E-state index contributed by atoms with van der Waals surface area (Å²) in [5.41, 5.74) is -0.676. The van der Waals surface area contributed by atoms with Gasteiger partial charge in [0.2, 0.25) is 0 Å². The number of halogens is 5. The maximum Gasteiger partial charge on any atom is 0.419 e. The Balaban J connectivity index is 2.38. The zero-order chi connectivity index (χ0) is 15.6. The lowest BCUT2D eigenvalue weighted by molar-refractivity contribution is -0.140. The molecule has 112 valence electrons. The lowest BCUT2D eigenvalue weighted by Gasteiger charge is -2.20. The summed E-state index contributed by atoms with van der Waals surface area (Å²) in [7, 11) is 0. The van der Waals surface area contributed by atoms with Crippen LogP contribution in [0.5, 0.6) is 0 Å². The Morgan fingerprint density at radius 1 is 1.10 bits per heavy atom. The highest BCUT2D eigenvalue weighted by Crippen LogP contribution is 2.40. The third kappa shape index (κ3) is 3.35. The van der Waals surface area contributed by atoms with E-state index in [1.165, 1.54) is 6.07 Å². The molecule has 2 aromatic rings. The van der Waals surface area contributed by atoms with Gasteiger partial charge in [-0.15, -0.1) is 11.6 Å². The van der Waals surface area contributed by atoms with Gasteiger partial charge in [0.1, 0.15) is 5.82 Å². The van der Waals surface area contributed by atoms with Gasteiger partial charge in [0.15, 0.2) is 0 Å². The first-order valence-electron chi connectivity index (χ1n) is 6.22. The van der Waals surface area contributed by atoms with Crippen molar-refractivity contribution in [2.24, 2.45) is 0 Å². The van der Waals surface area contributed by atoms with Crippen LogP contribution in [0.15, 0.2) is 42.7 Å². The molecule has 0 fully saturated rings. The molecule has 1 heterocycles. The van der Waals surface area contributed by atoms with Gasteiger partial charge in [-0.25, -0.2) is 4.39 Å². The number of aromatic nitrogens is 1. The van der Waals surface area contributed by atoms with Crippen LogP contribution in [-0.4, -0.2) is 4.98 Å². The number of hydrogen-bond acceptors (Lipinski definition) is 1. The fraction of sp³-hybridized carbons (Fsp3) is 0.267. The standard InChI is InChI=1S/C15H12ClF4N/c1-9(10-5-7-21-8-6-10)13(16)11-3-2-4-12(14(11)17)15(18,19)20/h2-9,13H,1H3. The Morgan fingerprint density at radius 2 is 1.71 bits per heavy atom. The van der Waals surface area contributed by atoms with Crippen LogP contribution < -0.4 is 0 Å². The van der Waals surface area contributed by atoms with Crippen molar-refractivity contribution in [2.75, 3.05) is 0 Å². The fourth-order valence-corrected chi connectivity index (χ4v) is 2.40. The van der Waals surface area contributed by atoms with Crippen molar-refractivity contribution < 1.29 is 17.6 Å². The molecule has 0 bridgehead atoms. The van der Waals surface area contributed by atoms with Gasteiger partial charge in [-0.1, -0.05) is 19.1 Å². The molecule has 0 aliphatic heterocycles. The van der Waals surface area contributed by atoms with E-state index in [2.05, 4.69) is 4.98 Å². The van der Waals surface area contributed by atoms with Gasteiger partial charge in [-0.2, -0.15) is 13.2 Å². The Hall–Kier alpha value is -1.62. The third-order valence-electron chi connectivity index (χ3n) is 3.30. The zero-order valence-corrected chi connectivity index (χ0v) is 11.8. The molecule has 2 unspecified atom stereocenters. The first-order valence-corrected chi connectivity index (χ1v) is 6.65. The van der Waals surface area contributed by atoms with Crippen LogP contribution in [0.2, 0.25) is 0 Å². The van der Waals surface area contributed by atoms with Crippen molar-refractivity contribution in [3.05, 3.63) is 65.2 Å². The van der Waals surface area contributed by atoms with Crippen molar-refractivity contribution >= 4 is 11.6 Å². The van der Waals surface area contributed by atoms with Crippen molar-refractivity contribution in [2.45, 2.75) is 24.4 Å². The van der Waals surface area contributed by atoms with Crippen LogP contribution in [0.4, 0.5) is 17.6 Å². The van der Waals surface area contributed by atoms with Gasteiger partial charge in [0, 0.05) is 23.9 Å². The monoisotopic (exact) mass is 317 g/mol. The van der Waals surface area contributed by atoms with Crippen LogP contribution in [-0.2, 0) is 6.18 Å². The summed E-state index contributed by atoms with van der Waals surface area (Å²) in [6.45, 7) is 1.73. The number of alkyl halides is 4. The van der Waals surface area contributed by atoms with Gasteiger partial charge in [-0.3, -0.25) is 4.98 Å². The Morgan fingerprint density at radius 3 is 2.29 bits per heavy atom. The number of nitrogens with zero attached hydrogens (tertiary/aromatic N) is 1. The molecule has 1 nitrogen and oxygen atoms in total. The summed E-state index contributed by atoms with van der Waals surface area (Å²) in [4.78, 5) is 3.86. The van der Waals surface area contributed by atoms with Gasteiger partial charge >= 0.3 is 6.18 Å². The molecule has 0 saturated carbocycles. The van der Waals surface area contributed by atoms with Crippen molar-refractivity contribution in [3.63, 3.8) is 0 Å². The molecular weight excluding hydrogens is 306 g/mol. The van der Waals surface area contributed by atoms with Crippen LogP contribution in [0.3, 0.4) is 0 Å². The molecule has 1 aromatic heterocycles. The second-order valence-corrected chi connectivity index (χ2v) is 5.15. The molecule has 21 heavy (non-hydrogen) atoms. The lowest BCUT2D eigenvalue weighted by Crippen LogP contribution is -2.12. The molecule has 2 atom stereocenters. The maximum absolute atomic E-state index is 14.1. The molecule has 2 rings (SSSR count). The normalized spacial score (nSPS) is 14.8. The molecule has 0 amide bonds. The van der Waals surface area contributed by atoms with Gasteiger partial charge in [0.25, 0.3) is 0 Å². The molecule has 0 aliphatic rings. The summed E-state index contributed by atoms with van der Waals surface area (Å²) in [5, 5.41) is -0.908. The molecule has 1 aromatic carbocycles. The molecular formula is C15H12ClF4N. The third-order valence-corrected chi connectivity index (χ3v) is 3.92. The second kappa shape index (κ2) is 6.02. The highest BCUT2D eigenvalue weighted by Gasteiger charge is 2.36. The average Bonchev–Trinajstić information content (AvgIpc) is 2.45. The van der Waals surface area contributed by atoms with E-state index < -0.39 is 22.9 Å².